The maximum atomic E-state index is 11.2. The Balaban J connectivity index is 2.38. The van der Waals surface area contributed by atoms with Gasteiger partial charge in [0, 0.05) is 21.9 Å². The lowest BCUT2D eigenvalue weighted by Gasteiger charge is -2.07. The lowest BCUT2D eigenvalue weighted by Crippen LogP contribution is -2.02. The summed E-state index contributed by atoms with van der Waals surface area (Å²) < 4.78 is 0. The van der Waals surface area contributed by atoms with Crippen LogP contribution in [0.2, 0.25) is 0 Å². The van der Waals surface area contributed by atoms with E-state index in [1.165, 1.54) is 42.5 Å². The Hall–Kier alpha value is -2.87. The number of nitro groups is 1. The van der Waals surface area contributed by atoms with Crippen LogP contribution in [-0.4, -0.2) is 27.1 Å². The van der Waals surface area contributed by atoms with Crippen LogP contribution in [0.1, 0.15) is 20.7 Å². The molecule has 0 radical (unpaired) electrons. The molecule has 2 aromatic rings. The maximum Gasteiger partial charge on any atom is 0.336 e. The van der Waals surface area contributed by atoms with Gasteiger partial charge in [-0.05, 0) is 30.3 Å². The smallest absolute Gasteiger partial charge is 0.336 e. The number of carboxylic acids is 2. The average molecular weight is 319 g/mol. The number of aromatic carboxylic acids is 2. The summed E-state index contributed by atoms with van der Waals surface area (Å²) in [5.74, 6) is -2.34. The number of rotatable bonds is 5. The number of carboxylic acid groups (broad SMARTS) is 2. The van der Waals surface area contributed by atoms with E-state index in [-0.39, 0.29) is 21.7 Å². The van der Waals surface area contributed by atoms with Gasteiger partial charge in [0.15, 0.2) is 0 Å². The molecule has 2 rings (SSSR count). The molecule has 0 atom stereocenters. The van der Waals surface area contributed by atoms with Crippen LogP contribution in [0, 0.1) is 10.1 Å². The van der Waals surface area contributed by atoms with Crippen LogP contribution in [0.4, 0.5) is 5.69 Å². The van der Waals surface area contributed by atoms with Crippen molar-refractivity contribution < 1.29 is 24.7 Å². The highest BCUT2D eigenvalue weighted by Crippen LogP contribution is 2.32. The van der Waals surface area contributed by atoms with Gasteiger partial charge in [-0.15, -0.1) is 0 Å². The third-order valence-electron chi connectivity index (χ3n) is 2.73. The number of hydrogen-bond acceptors (Lipinski definition) is 5. The highest BCUT2D eigenvalue weighted by atomic mass is 32.2. The molecule has 0 aliphatic rings. The van der Waals surface area contributed by atoms with Crippen molar-refractivity contribution in [3.63, 3.8) is 0 Å². The Morgan fingerprint density at radius 3 is 2.14 bits per heavy atom. The standard InChI is InChI=1S/C14H9NO6S/c16-13(17)8-1-6-11(14(18)19)12(7-8)22-10-4-2-9(3-5-10)15(20)21/h1-7H,(H,16,17)(H,18,19). The van der Waals surface area contributed by atoms with E-state index in [0.29, 0.717) is 4.90 Å². The molecular weight excluding hydrogens is 310 g/mol. The zero-order valence-corrected chi connectivity index (χ0v) is 11.7. The van der Waals surface area contributed by atoms with Crippen molar-refractivity contribution in [2.75, 3.05) is 0 Å². The largest absolute Gasteiger partial charge is 0.478 e. The molecule has 0 fully saturated rings. The first kappa shape index (κ1) is 15.5. The zero-order valence-electron chi connectivity index (χ0n) is 10.9. The molecule has 2 aromatic carbocycles. The quantitative estimate of drug-likeness (QED) is 0.642. The Morgan fingerprint density at radius 2 is 1.64 bits per heavy atom. The second kappa shape index (κ2) is 6.27. The number of carbonyl (C=O) groups is 2. The minimum atomic E-state index is -1.18. The minimum absolute atomic E-state index is 0.0330. The number of nitro benzene ring substituents is 1. The van der Waals surface area contributed by atoms with Gasteiger partial charge in [-0.2, -0.15) is 0 Å². The Morgan fingerprint density at radius 1 is 1.00 bits per heavy atom. The van der Waals surface area contributed by atoms with Crippen LogP contribution in [0.3, 0.4) is 0 Å². The molecule has 0 heterocycles. The maximum absolute atomic E-state index is 11.2. The predicted molar refractivity (Wildman–Crippen MR) is 77.6 cm³/mol. The van der Waals surface area contributed by atoms with Crippen LogP contribution in [0.5, 0.6) is 0 Å². The zero-order chi connectivity index (χ0) is 16.3. The molecule has 0 saturated heterocycles. The topological polar surface area (TPSA) is 118 Å². The lowest BCUT2D eigenvalue weighted by molar-refractivity contribution is -0.384. The molecule has 0 aliphatic heterocycles. The first-order chi connectivity index (χ1) is 10.4. The van der Waals surface area contributed by atoms with Crippen LogP contribution in [0.25, 0.3) is 0 Å². The summed E-state index contributed by atoms with van der Waals surface area (Å²) in [6.45, 7) is 0. The van der Waals surface area contributed by atoms with Crippen molar-refractivity contribution in [3.05, 3.63) is 63.7 Å². The van der Waals surface area contributed by atoms with Gasteiger partial charge in [-0.1, -0.05) is 11.8 Å². The summed E-state index contributed by atoms with van der Waals surface area (Å²) >= 11 is 1.03. The third kappa shape index (κ3) is 3.41. The van der Waals surface area contributed by atoms with Gasteiger partial charge in [0.1, 0.15) is 0 Å². The third-order valence-corrected chi connectivity index (χ3v) is 3.80. The molecule has 0 aliphatic carbocycles. The summed E-state index contributed by atoms with van der Waals surface area (Å²) in [6.07, 6.45) is 0. The first-order valence-corrected chi connectivity index (χ1v) is 6.73. The molecule has 2 N–H and O–H groups in total. The lowest BCUT2D eigenvalue weighted by atomic mass is 10.1. The molecule has 0 saturated carbocycles. The van der Waals surface area contributed by atoms with E-state index in [0.717, 1.165) is 11.8 Å². The number of hydrogen-bond donors (Lipinski definition) is 2. The molecule has 8 heteroatoms. The fourth-order valence-electron chi connectivity index (χ4n) is 1.68. The van der Waals surface area contributed by atoms with Gasteiger partial charge in [0.2, 0.25) is 0 Å². The molecule has 22 heavy (non-hydrogen) atoms. The van der Waals surface area contributed by atoms with Crippen molar-refractivity contribution in [1.82, 2.24) is 0 Å². The van der Waals surface area contributed by atoms with E-state index in [1.807, 2.05) is 0 Å². The summed E-state index contributed by atoms with van der Waals surface area (Å²) in [7, 11) is 0. The van der Waals surface area contributed by atoms with Crippen molar-refractivity contribution >= 4 is 29.4 Å². The summed E-state index contributed by atoms with van der Waals surface area (Å²) in [5.41, 5.74) is -0.148. The van der Waals surface area contributed by atoms with E-state index in [1.54, 1.807) is 0 Å². The molecule has 0 unspecified atom stereocenters. The van der Waals surface area contributed by atoms with Gasteiger partial charge in [-0.3, -0.25) is 10.1 Å². The van der Waals surface area contributed by atoms with Gasteiger partial charge >= 0.3 is 11.9 Å². The molecular formula is C14H9NO6S. The van der Waals surface area contributed by atoms with Crippen LogP contribution >= 0.6 is 11.8 Å². The van der Waals surface area contributed by atoms with Crippen molar-refractivity contribution in [3.8, 4) is 0 Å². The van der Waals surface area contributed by atoms with Gasteiger partial charge in [-0.25, -0.2) is 9.59 Å². The summed E-state index contributed by atoms with van der Waals surface area (Å²) in [4.78, 5) is 33.0. The number of benzene rings is 2. The normalized spacial score (nSPS) is 10.2. The number of nitrogens with zero attached hydrogens (tertiary/aromatic N) is 1. The van der Waals surface area contributed by atoms with Crippen molar-refractivity contribution in [1.29, 1.82) is 0 Å². The average Bonchev–Trinajstić information content (AvgIpc) is 2.47. The van der Waals surface area contributed by atoms with Crippen LogP contribution in [-0.2, 0) is 0 Å². The summed E-state index contributed by atoms with van der Waals surface area (Å²) in [6, 6.07) is 9.24. The van der Waals surface area contributed by atoms with Gasteiger partial charge in [0.05, 0.1) is 16.1 Å². The molecule has 0 amide bonds. The molecule has 7 nitrogen and oxygen atoms in total. The molecule has 0 aromatic heterocycles. The second-order valence-electron chi connectivity index (χ2n) is 4.17. The van der Waals surface area contributed by atoms with Crippen LogP contribution in [0.15, 0.2) is 52.3 Å². The van der Waals surface area contributed by atoms with Gasteiger partial charge in [0.25, 0.3) is 5.69 Å². The molecule has 112 valence electrons. The highest BCUT2D eigenvalue weighted by Gasteiger charge is 2.15. The van der Waals surface area contributed by atoms with E-state index < -0.39 is 16.9 Å². The van der Waals surface area contributed by atoms with Crippen molar-refractivity contribution in [2.24, 2.45) is 0 Å². The second-order valence-corrected chi connectivity index (χ2v) is 5.29. The Bertz CT molecular complexity index is 756. The van der Waals surface area contributed by atoms with Crippen LogP contribution < -0.4 is 0 Å². The predicted octanol–water partition coefficient (Wildman–Crippen LogP) is 3.14. The van der Waals surface area contributed by atoms with E-state index >= 15 is 0 Å². The molecule has 0 spiro atoms. The monoisotopic (exact) mass is 319 g/mol. The Kier molecular flexibility index (Phi) is 4.42. The summed E-state index contributed by atoms with van der Waals surface area (Å²) in [5, 5.41) is 28.7. The fourth-order valence-corrected chi connectivity index (χ4v) is 2.66. The minimum Gasteiger partial charge on any atom is -0.478 e. The fraction of sp³-hybridized carbons (Fsp3) is 0. The van der Waals surface area contributed by atoms with E-state index in [9.17, 15) is 19.7 Å². The highest BCUT2D eigenvalue weighted by molar-refractivity contribution is 7.99. The Labute approximate surface area is 128 Å². The number of non-ortho nitro benzene ring substituents is 1. The first-order valence-electron chi connectivity index (χ1n) is 5.91. The van der Waals surface area contributed by atoms with E-state index in [2.05, 4.69) is 0 Å². The van der Waals surface area contributed by atoms with Gasteiger partial charge < -0.3 is 10.2 Å². The van der Waals surface area contributed by atoms with E-state index in [4.69, 9.17) is 10.2 Å². The molecule has 0 bridgehead atoms. The SMILES string of the molecule is O=C(O)c1ccc(C(=O)O)c(Sc2ccc([N+](=O)[O-])cc2)c1. The van der Waals surface area contributed by atoms with Crippen molar-refractivity contribution in [2.45, 2.75) is 9.79 Å².